The van der Waals surface area contributed by atoms with E-state index in [1.165, 1.54) is 44.9 Å². The molecule has 0 aliphatic heterocycles. The fraction of sp³-hybridized carbons (Fsp3) is 0.955. The molecular formula is C22H44O2. The van der Waals surface area contributed by atoms with Crippen LogP contribution in [0, 0.1) is 11.3 Å². The van der Waals surface area contributed by atoms with Gasteiger partial charge < -0.3 is 4.74 Å². The summed E-state index contributed by atoms with van der Waals surface area (Å²) in [5.74, 6) is 0.414. The van der Waals surface area contributed by atoms with Gasteiger partial charge in [0.05, 0.1) is 0 Å². The van der Waals surface area contributed by atoms with E-state index in [0.29, 0.717) is 12.3 Å². The molecule has 0 spiro atoms. The number of rotatable bonds is 14. The van der Waals surface area contributed by atoms with Crippen molar-refractivity contribution in [3.8, 4) is 0 Å². The summed E-state index contributed by atoms with van der Waals surface area (Å²) in [7, 11) is 0. The standard InChI is InChI=1S/C22H44O2/c1-7-9-11-12-13-14-16-20(15-10-8-2)24-21(23)17-19(3)18-22(4,5)6/h19-20H,7-18H2,1-6H3. The summed E-state index contributed by atoms with van der Waals surface area (Å²) < 4.78 is 5.83. The highest BCUT2D eigenvalue weighted by atomic mass is 16.5. The molecule has 144 valence electrons. The third-order valence-electron chi connectivity index (χ3n) is 4.53. The number of carbonyl (C=O) groups excluding carboxylic acids is 1. The second-order valence-corrected chi connectivity index (χ2v) is 8.88. The Morgan fingerprint density at radius 2 is 1.42 bits per heavy atom. The highest BCUT2D eigenvalue weighted by molar-refractivity contribution is 5.69. The monoisotopic (exact) mass is 340 g/mol. The molecule has 0 rings (SSSR count). The van der Waals surface area contributed by atoms with Gasteiger partial charge in [-0.25, -0.2) is 0 Å². The Labute approximate surface area is 152 Å². The normalized spacial score (nSPS) is 14.4. The van der Waals surface area contributed by atoms with Crippen LogP contribution >= 0.6 is 0 Å². The van der Waals surface area contributed by atoms with E-state index in [4.69, 9.17) is 4.74 Å². The molecule has 0 aromatic heterocycles. The first-order valence-electron chi connectivity index (χ1n) is 10.5. The lowest BCUT2D eigenvalue weighted by Crippen LogP contribution is -2.21. The van der Waals surface area contributed by atoms with Crippen molar-refractivity contribution >= 4 is 5.97 Å². The van der Waals surface area contributed by atoms with Crippen molar-refractivity contribution in [2.24, 2.45) is 11.3 Å². The van der Waals surface area contributed by atoms with E-state index in [-0.39, 0.29) is 17.5 Å². The SMILES string of the molecule is CCCCCCCCC(CCCC)OC(=O)CC(C)CC(C)(C)C. The lowest BCUT2D eigenvalue weighted by Gasteiger charge is -2.24. The zero-order valence-electron chi connectivity index (χ0n) is 17.5. The smallest absolute Gasteiger partial charge is 0.306 e. The van der Waals surface area contributed by atoms with E-state index in [0.717, 1.165) is 25.7 Å². The highest BCUT2D eigenvalue weighted by Gasteiger charge is 2.20. The number of carbonyl (C=O) groups is 1. The molecule has 0 amide bonds. The van der Waals surface area contributed by atoms with Gasteiger partial charge in [0.1, 0.15) is 6.10 Å². The summed E-state index contributed by atoms with van der Waals surface area (Å²) in [6, 6.07) is 0. The van der Waals surface area contributed by atoms with Crippen molar-refractivity contribution in [2.45, 2.75) is 125 Å². The van der Waals surface area contributed by atoms with Gasteiger partial charge in [-0.15, -0.1) is 0 Å². The van der Waals surface area contributed by atoms with Crippen LogP contribution in [0.5, 0.6) is 0 Å². The third kappa shape index (κ3) is 15.0. The topological polar surface area (TPSA) is 26.3 Å². The molecule has 0 fully saturated rings. The molecule has 24 heavy (non-hydrogen) atoms. The van der Waals surface area contributed by atoms with Crippen LogP contribution in [-0.4, -0.2) is 12.1 Å². The Morgan fingerprint density at radius 1 is 0.875 bits per heavy atom. The van der Waals surface area contributed by atoms with E-state index in [9.17, 15) is 4.79 Å². The first kappa shape index (κ1) is 23.5. The van der Waals surface area contributed by atoms with Crippen molar-refractivity contribution < 1.29 is 9.53 Å². The molecule has 0 saturated heterocycles. The van der Waals surface area contributed by atoms with Crippen molar-refractivity contribution in [2.75, 3.05) is 0 Å². The Morgan fingerprint density at radius 3 is 2.00 bits per heavy atom. The maximum Gasteiger partial charge on any atom is 0.306 e. The van der Waals surface area contributed by atoms with Crippen molar-refractivity contribution in [1.82, 2.24) is 0 Å². The van der Waals surface area contributed by atoms with Crippen LogP contribution in [0.25, 0.3) is 0 Å². The molecule has 0 aliphatic carbocycles. The van der Waals surface area contributed by atoms with Crippen LogP contribution in [-0.2, 0) is 9.53 Å². The van der Waals surface area contributed by atoms with Gasteiger partial charge in [-0.1, -0.05) is 86.5 Å². The van der Waals surface area contributed by atoms with E-state index in [1.54, 1.807) is 0 Å². The second kappa shape index (κ2) is 13.7. The average Bonchev–Trinajstić information content (AvgIpc) is 2.45. The highest BCUT2D eigenvalue weighted by Crippen LogP contribution is 2.26. The lowest BCUT2D eigenvalue weighted by atomic mass is 9.84. The van der Waals surface area contributed by atoms with Crippen LogP contribution in [0.4, 0.5) is 0 Å². The molecule has 0 N–H and O–H groups in total. The molecule has 0 bridgehead atoms. The van der Waals surface area contributed by atoms with Crippen LogP contribution in [0.2, 0.25) is 0 Å². The largest absolute Gasteiger partial charge is 0.462 e. The van der Waals surface area contributed by atoms with Crippen LogP contribution in [0.1, 0.15) is 119 Å². The fourth-order valence-corrected chi connectivity index (χ4v) is 3.48. The zero-order valence-corrected chi connectivity index (χ0v) is 17.5. The summed E-state index contributed by atoms with van der Waals surface area (Å²) in [6.07, 6.45) is 14.0. The molecule has 2 unspecified atom stereocenters. The molecular weight excluding hydrogens is 296 g/mol. The fourth-order valence-electron chi connectivity index (χ4n) is 3.48. The Balaban J connectivity index is 4.12. The number of esters is 1. The predicted molar refractivity (Wildman–Crippen MR) is 105 cm³/mol. The van der Waals surface area contributed by atoms with Gasteiger partial charge in [-0.05, 0) is 37.0 Å². The Kier molecular flexibility index (Phi) is 13.4. The number of hydrogen-bond donors (Lipinski definition) is 0. The first-order chi connectivity index (χ1) is 11.3. The zero-order chi connectivity index (χ0) is 18.4. The molecule has 0 heterocycles. The third-order valence-corrected chi connectivity index (χ3v) is 4.53. The summed E-state index contributed by atoms with van der Waals surface area (Å²) in [4.78, 5) is 12.3. The lowest BCUT2D eigenvalue weighted by molar-refractivity contribution is -0.151. The number of ether oxygens (including phenoxy) is 1. The second-order valence-electron chi connectivity index (χ2n) is 8.88. The van der Waals surface area contributed by atoms with Gasteiger partial charge in [0.25, 0.3) is 0 Å². The van der Waals surface area contributed by atoms with Crippen molar-refractivity contribution in [3.05, 3.63) is 0 Å². The van der Waals surface area contributed by atoms with Gasteiger partial charge in [0, 0.05) is 6.42 Å². The van der Waals surface area contributed by atoms with Crippen LogP contribution < -0.4 is 0 Å². The number of unbranched alkanes of at least 4 members (excludes halogenated alkanes) is 6. The van der Waals surface area contributed by atoms with E-state index >= 15 is 0 Å². The van der Waals surface area contributed by atoms with Gasteiger partial charge in [0.2, 0.25) is 0 Å². The molecule has 0 saturated carbocycles. The molecule has 0 aromatic rings. The van der Waals surface area contributed by atoms with Gasteiger partial charge in [-0.3, -0.25) is 4.79 Å². The molecule has 0 aromatic carbocycles. The average molecular weight is 341 g/mol. The molecule has 2 atom stereocenters. The van der Waals surface area contributed by atoms with Crippen LogP contribution in [0.3, 0.4) is 0 Å². The minimum Gasteiger partial charge on any atom is -0.462 e. The van der Waals surface area contributed by atoms with Crippen molar-refractivity contribution in [3.63, 3.8) is 0 Å². The minimum absolute atomic E-state index is 0.0128. The predicted octanol–water partition coefficient (Wildman–Crippen LogP) is 7.30. The minimum atomic E-state index is 0.0128. The molecule has 2 heteroatoms. The van der Waals surface area contributed by atoms with Crippen LogP contribution in [0.15, 0.2) is 0 Å². The van der Waals surface area contributed by atoms with E-state index in [2.05, 4.69) is 41.5 Å². The first-order valence-corrected chi connectivity index (χ1v) is 10.5. The molecule has 0 aliphatic rings. The molecule has 0 radical (unpaired) electrons. The van der Waals surface area contributed by atoms with Gasteiger partial charge in [0.15, 0.2) is 0 Å². The Bertz CT molecular complexity index is 304. The molecule has 2 nitrogen and oxygen atoms in total. The maximum absolute atomic E-state index is 12.3. The quantitative estimate of drug-likeness (QED) is 0.245. The van der Waals surface area contributed by atoms with Gasteiger partial charge >= 0.3 is 5.97 Å². The summed E-state index contributed by atoms with van der Waals surface area (Å²) in [5.41, 5.74) is 0.278. The maximum atomic E-state index is 12.3. The summed E-state index contributed by atoms with van der Waals surface area (Å²) >= 11 is 0. The van der Waals surface area contributed by atoms with Crippen molar-refractivity contribution in [1.29, 1.82) is 0 Å². The van der Waals surface area contributed by atoms with Gasteiger partial charge in [-0.2, -0.15) is 0 Å². The van der Waals surface area contributed by atoms with E-state index < -0.39 is 0 Å². The number of hydrogen-bond acceptors (Lipinski definition) is 2. The Hall–Kier alpha value is -0.530. The summed E-state index contributed by atoms with van der Waals surface area (Å²) in [6.45, 7) is 13.3. The summed E-state index contributed by atoms with van der Waals surface area (Å²) in [5, 5.41) is 0. The van der Waals surface area contributed by atoms with E-state index in [1.807, 2.05) is 0 Å².